The number of benzene rings is 1. The highest BCUT2D eigenvalue weighted by Crippen LogP contribution is 2.21. The van der Waals surface area contributed by atoms with Crippen LogP contribution in [0.2, 0.25) is 0 Å². The number of nitrogens with zero attached hydrogens (tertiary/aromatic N) is 1. The number of likely N-dealkylation sites (tertiary alicyclic amines) is 1. The van der Waals surface area contributed by atoms with Crippen LogP contribution >= 0.6 is 0 Å². The number of amides is 1. The fraction of sp³-hybridized carbons (Fsp3) is 0.467. The molecule has 2 rings (SSSR count). The summed E-state index contributed by atoms with van der Waals surface area (Å²) in [6.07, 6.45) is 0.506. The highest BCUT2D eigenvalue weighted by atomic mass is 16.6. The maximum Gasteiger partial charge on any atom is 0.410 e. The topological polar surface area (TPSA) is 46.6 Å². The van der Waals surface area contributed by atoms with Gasteiger partial charge in [-0.05, 0) is 19.4 Å². The van der Waals surface area contributed by atoms with Gasteiger partial charge in [-0.25, -0.2) is 4.79 Å². The number of ketones is 1. The van der Waals surface area contributed by atoms with E-state index >= 15 is 0 Å². The molecule has 0 radical (unpaired) electrons. The second-order valence-corrected chi connectivity index (χ2v) is 5.09. The average molecular weight is 261 g/mol. The van der Waals surface area contributed by atoms with Crippen LogP contribution in [0.15, 0.2) is 30.3 Å². The second kappa shape index (κ2) is 5.87. The van der Waals surface area contributed by atoms with Crippen LogP contribution in [0.5, 0.6) is 0 Å². The van der Waals surface area contributed by atoms with Crippen LogP contribution in [0, 0.1) is 0 Å². The Morgan fingerprint density at radius 1 is 1.21 bits per heavy atom. The Balaban J connectivity index is 1.94. The van der Waals surface area contributed by atoms with E-state index in [1.165, 1.54) is 0 Å². The fourth-order valence-corrected chi connectivity index (χ4v) is 2.53. The third-order valence-corrected chi connectivity index (χ3v) is 3.41. The molecular formula is C15H19NO3. The molecule has 1 fully saturated rings. The Morgan fingerprint density at radius 3 is 2.37 bits per heavy atom. The highest BCUT2D eigenvalue weighted by Gasteiger charge is 2.33. The monoisotopic (exact) mass is 261 g/mol. The van der Waals surface area contributed by atoms with Crippen molar-refractivity contribution >= 4 is 11.9 Å². The van der Waals surface area contributed by atoms with E-state index in [0.717, 1.165) is 5.56 Å². The first-order chi connectivity index (χ1) is 9.08. The number of carbonyl (C=O) groups excluding carboxylic acids is 2. The third-order valence-electron chi connectivity index (χ3n) is 3.41. The van der Waals surface area contributed by atoms with E-state index in [4.69, 9.17) is 4.74 Å². The van der Waals surface area contributed by atoms with Crippen LogP contribution in [0.4, 0.5) is 4.79 Å². The van der Waals surface area contributed by atoms with Crippen molar-refractivity contribution in [2.24, 2.45) is 0 Å². The molecule has 102 valence electrons. The van der Waals surface area contributed by atoms with Gasteiger partial charge in [-0.1, -0.05) is 30.3 Å². The molecule has 1 aliphatic rings. The van der Waals surface area contributed by atoms with Gasteiger partial charge in [-0.2, -0.15) is 0 Å². The number of ether oxygens (including phenoxy) is 1. The van der Waals surface area contributed by atoms with E-state index in [2.05, 4.69) is 0 Å². The normalized spacial score (nSPS) is 23.3. The first-order valence-corrected chi connectivity index (χ1v) is 6.58. The maximum atomic E-state index is 12.1. The summed E-state index contributed by atoms with van der Waals surface area (Å²) in [5, 5.41) is 0. The Morgan fingerprint density at radius 2 is 1.79 bits per heavy atom. The molecule has 1 aromatic carbocycles. The number of rotatable bonds is 2. The van der Waals surface area contributed by atoms with Gasteiger partial charge in [0.05, 0.1) is 0 Å². The molecule has 0 unspecified atom stereocenters. The lowest BCUT2D eigenvalue weighted by molar-refractivity contribution is -0.124. The van der Waals surface area contributed by atoms with Crippen molar-refractivity contribution in [3.63, 3.8) is 0 Å². The van der Waals surface area contributed by atoms with Gasteiger partial charge >= 0.3 is 6.09 Å². The lowest BCUT2D eigenvalue weighted by Crippen LogP contribution is -2.50. The van der Waals surface area contributed by atoms with Crippen molar-refractivity contribution in [1.82, 2.24) is 4.90 Å². The molecule has 0 N–H and O–H groups in total. The molecule has 1 heterocycles. The van der Waals surface area contributed by atoms with E-state index in [1.54, 1.807) is 4.90 Å². The van der Waals surface area contributed by atoms with Gasteiger partial charge in [0.25, 0.3) is 0 Å². The molecule has 1 amide bonds. The molecule has 19 heavy (non-hydrogen) atoms. The van der Waals surface area contributed by atoms with Crippen LogP contribution < -0.4 is 0 Å². The van der Waals surface area contributed by atoms with E-state index in [0.29, 0.717) is 12.8 Å². The number of hydrogen-bond acceptors (Lipinski definition) is 3. The molecule has 2 atom stereocenters. The largest absolute Gasteiger partial charge is 0.445 e. The summed E-state index contributed by atoms with van der Waals surface area (Å²) in [4.78, 5) is 25.2. The minimum absolute atomic E-state index is 0.0838. The molecule has 4 heteroatoms. The summed E-state index contributed by atoms with van der Waals surface area (Å²) in [7, 11) is 0. The summed E-state index contributed by atoms with van der Waals surface area (Å²) in [5.74, 6) is 0.215. The van der Waals surface area contributed by atoms with Gasteiger partial charge in [0, 0.05) is 24.9 Å². The molecule has 1 aromatic rings. The van der Waals surface area contributed by atoms with Gasteiger partial charge in [0.15, 0.2) is 0 Å². The summed E-state index contributed by atoms with van der Waals surface area (Å²) in [6, 6.07) is 9.41. The predicted molar refractivity (Wildman–Crippen MR) is 71.6 cm³/mol. The SMILES string of the molecule is C[C@@H]1CC(=O)C[C@H](C)N1C(=O)OCc1ccccc1. The quantitative estimate of drug-likeness (QED) is 0.822. The number of Topliss-reactive ketones (excluding diaryl/α,β-unsaturated/α-hetero) is 1. The van der Waals surface area contributed by atoms with Crippen molar-refractivity contribution in [3.05, 3.63) is 35.9 Å². The Hall–Kier alpha value is -1.84. The van der Waals surface area contributed by atoms with Crippen LogP contribution in [0.3, 0.4) is 0 Å². The smallest absolute Gasteiger partial charge is 0.410 e. The standard InChI is InChI=1S/C15H19NO3/c1-11-8-14(17)9-12(2)16(11)15(18)19-10-13-6-4-3-5-7-13/h3-7,11-12H,8-10H2,1-2H3/t11-,12+. The first-order valence-electron chi connectivity index (χ1n) is 6.58. The van der Waals surface area contributed by atoms with Gasteiger partial charge in [0.1, 0.15) is 12.4 Å². The zero-order valence-corrected chi connectivity index (χ0v) is 11.3. The molecule has 0 spiro atoms. The van der Waals surface area contributed by atoms with E-state index in [-0.39, 0.29) is 30.6 Å². The van der Waals surface area contributed by atoms with E-state index < -0.39 is 0 Å². The molecule has 0 bridgehead atoms. The van der Waals surface area contributed by atoms with Crippen LogP contribution in [0.1, 0.15) is 32.3 Å². The Bertz CT molecular complexity index is 444. The molecule has 1 saturated heterocycles. The first kappa shape index (κ1) is 13.6. The Labute approximate surface area is 113 Å². The number of carbonyl (C=O) groups is 2. The maximum absolute atomic E-state index is 12.1. The summed E-state index contributed by atoms with van der Waals surface area (Å²) >= 11 is 0. The number of hydrogen-bond donors (Lipinski definition) is 0. The summed E-state index contributed by atoms with van der Waals surface area (Å²) < 4.78 is 5.32. The van der Waals surface area contributed by atoms with Crippen molar-refractivity contribution in [2.75, 3.05) is 0 Å². The van der Waals surface area contributed by atoms with Gasteiger partial charge < -0.3 is 9.64 Å². The van der Waals surface area contributed by atoms with E-state index in [9.17, 15) is 9.59 Å². The molecule has 0 aromatic heterocycles. The van der Waals surface area contributed by atoms with Crippen molar-refractivity contribution in [2.45, 2.75) is 45.4 Å². The average Bonchev–Trinajstić information content (AvgIpc) is 2.36. The molecule has 4 nitrogen and oxygen atoms in total. The fourth-order valence-electron chi connectivity index (χ4n) is 2.53. The van der Waals surface area contributed by atoms with Crippen molar-refractivity contribution < 1.29 is 14.3 Å². The van der Waals surface area contributed by atoms with Crippen molar-refractivity contribution in [1.29, 1.82) is 0 Å². The van der Waals surface area contributed by atoms with Crippen LogP contribution in [-0.2, 0) is 16.1 Å². The third kappa shape index (κ3) is 3.34. The lowest BCUT2D eigenvalue weighted by Gasteiger charge is -2.37. The van der Waals surface area contributed by atoms with Gasteiger partial charge in [-0.15, -0.1) is 0 Å². The highest BCUT2D eigenvalue weighted by molar-refractivity contribution is 5.82. The zero-order valence-electron chi connectivity index (χ0n) is 11.3. The van der Waals surface area contributed by atoms with Crippen LogP contribution in [-0.4, -0.2) is 28.9 Å². The number of piperidine rings is 1. The van der Waals surface area contributed by atoms with Crippen LogP contribution in [0.25, 0.3) is 0 Å². The van der Waals surface area contributed by atoms with Gasteiger partial charge in [-0.3, -0.25) is 4.79 Å². The summed E-state index contributed by atoms with van der Waals surface area (Å²) in [6.45, 7) is 4.04. The second-order valence-electron chi connectivity index (χ2n) is 5.09. The minimum Gasteiger partial charge on any atom is -0.445 e. The summed E-state index contributed by atoms with van der Waals surface area (Å²) in [5.41, 5.74) is 0.962. The Kier molecular flexibility index (Phi) is 4.20. The van der Waals surface area contributed by atoms with Gasteiger partial charge in [0.2, 0.25) is 0 Å². The molecule has 1 aliphatic heterocycles. The molecule has 0 saturated carbocycles. The lowest BCUT2D eigenvalue weighted by atomic mass is 9.97. The molecular weight excluding hydrogens is 242 g/mol. The van der Waals surface area contributed by atoms with Crippen molar-refractivity contribution in [3.8, 4) is 0 Å². The minimum atomic E-state index is -0.337. The molecule has 0 aliphatic carbocycles. The zero-order chi connectivity index (χ0) is 13.8. The predicted octanol–water partition coefficient (Wildman–Crippen LogP) is 2.77. The van der Waals surface area contributed by atoms with E-state index in [1.807, 2.05) is 44.2 Å².